The minimum Gasteiger partial charge on any atom is -0.506 e. The molecule has 2 heteroatoms. The second-order valence-corrected chi connectivity index (χ2v) is 2.64. The molecule has 53 valence electrons. The summed E-state index contributed by atoms with van der Waals surface area (Å²) < 4.78 is 0. The topological polar surface area (TPSA) is 20.2 Å². The molecule has 0 heterocycles. The van der Waals surface area contributed by atoms with Crippen LogP contribution in [0.15, 0.2) is 6.07 Å². The predicted molar refractivity (Wildman–Crippen MR) is 41.4 cm³/mol. The van der Waals surface area contributed by atoms with Gasteiger partial charge in [0.1, 0.15) is 5.75 Å². The van der Waals surface area contributed by atoms with E-state index in [-0.39, 0.29) is 5.75 Å². The third kappa shape index (κ3) is 1.09. The number of phenolic OH excluding ortho intramolecular Hbond substituents is 1. The minimum absolute atomic E-state index is 0.140. The van der Waals surface area contributed by atoms with Gasteiger partial charge in [-0.25, -0.2) is 0 Å². The lowest BCUT2D eigenvalue weighted by molar-refractivity contribution is 0.471. The summed E-state index contributed by atoms with van der Waals surface area (Å²) in [5.41, 5.74) is 1.54. The van der Waals surface area contributed by atoms with E-state index in [0.717, 1.165) is 5.56 Å². The van der Waals surface area contributed by atoms with Crippen LogP contribution < -0.4 is 0 Å². The molecule has 1 nitrogen and oxygen atoms in total. The maximum atomic E-state index is 9.22. The van der Waals surface area contributed by atoms with Crippen molar-refractivity contribution in [3.63, 3.8) is 0 Å². The van der Waals surface area contributed by atoms with Gasteiger partial charge in [0.05, 0.1) is 5.02 Å². The van der Waals surface area contributed by atoms with E-state index in [1.165, 1.54) is 0 Å². The molecule has 0 aliphatic carbocycles. The second kappa shape index (κ2) is 2.51. The Morgan fingerprint density at radius 3 is 2.60 bits per heavy atom. The molecule has 0 unspecified atom stereocenters. The Morgan fingerprint density at radius 2 is 2.10 bits per heavy atom. The Kier molecular flexibility index (Phi) is 1.86. The Balaban J connectivity index is 3.34. The molecule has 1 radical (unpaired) electrons. The average Bonchev–Trinajstić information content (AvgIpc) is 1.93. The molecule has 0 aliphatic heterocycles. The monoisotopic (exact) mass is 155 g/mol. The molecule has 0 atom stereocenters. The van der Waals surface area contributed by atoms with Crippen LogP contribution in [0.5, 0.6) is 5.75 Å². The van der Waals surface area contributed by atoms with Gasteiger partial charge in [0.15, 0.2) is 0 Å². The van der Waals surface area contributed by atoms with Crippen molar-refractivity contribution < 1.29 is 5.11 Å². The molecule has 1 aromatic rings. The van der Waals surface area contributed by atoms with E-state index in [1.54, 1.807) is 13.0 Å². The van der Waals surface area contributed by atoms with Crippen LogP contribution in [0.4, 0.5) is 0 Å². The van der Waals surface area contributed by atoms with E-state index >= 15 is 0 Å². The fourth-order valence-electron chi connectivity index (χ4n) is 0.700. The number of aromatic hydroxyl groups is 1. The molecule has 0 spiro atoms. The van der Waals surface area contributed by atoms with Crippen LogP contribution in [0.2, 0.25) is 5.02 Å². The molecule has 1 N–H and O–H groups in total. The first-order valence-corrected chi connectivity index (χ1v) is 3.37. The SMILES string of the molecule is Cc1[c]cc(C)c(Cl)c1O. The van der Waals surface area contributed by atoms with Crippen LogP contribution >= 0.6 is 11.6 Å². The summed E-state index contributed by atoms with van der Waals surface area (Å²) in [5, 5.41) is 9.65. The zero-order valence-corrected chi connectivity index (χ0v) is 6.66. The molecular weight excluding hydrogens is 148 g/mol. The fraction of sp³-hybridized carbons (Fsp3) is 0.250. The predicted octanol–water partition coefficient (Wildman–Crippen LogP) is 2.46. The summed E-state index contributed by atoms with van der Waals surface area (Å²) in [7, 11) is 0. The fourth-order valence-corrected chi connectivity index (χ4v) is 0.896. The van der Waals surface area contributed by atoms with Gasteiger partial charge in [0.25, 0.3) is 0 Å². The standard InChI is InChI=1S/C8H8ClO/c1-5-3-4-6(2)8(10)7(5)9/h3,10H,1-2H3. The van der Waals surface area contributed by atoms with Crippen molar-refractivity contribution in [2.75, 3.05) is 0 Å². The lowest BCUT2D eigenvalue weighted by atomic mass is 10.1. The van der Waals surface area contributed by atoms with Crippen LogP contribution in [0.25, 0.3) is 0 Å². The summed E-state index contributed by atoms with van der Waals surface area (Å²) in [5.74, 6) is 0.140. The van der Waals surface area contributed by atoms with Gasteiger partial charge in [-0.2, -0.15) is 0 Å². The number of rotatable bonds is 0. The number of phenols is 1. The lowest BCUT2D eigenvalue weighted by Gasteiger charge is -2.01. The molecular formula is C8H8ClO. The van der Waals surface area contributed by atoms with Crippen molar-refractivity contribution in [3.8, 4) is 5.75 Å². The summed E-state index contributed by atoms with van der Waals surface area (Å²) >= 11 is 5.71. The molecule has 0 amide bonds. The first kappa shape index (κ1) is 7.42. The molecule has 10 heavy (non-hydrogen) atoms. The summed E-state index contributed by atoms with van der Waals surface area (Å²) in [6.07, 6.45) is 0. The molecule has 0 bridgehead atoms. The number of halogens is 1. The van der Waals surface area contributed by atoms with Gasteiger partial charge in [-0.15, -0.1) is 0 Å². The number of hydrogen-bond acceptors (Lipinski definition) is 1. The Labute approximate surface area is 65.3 Å². The van der Waals surface area contributed by atoms with Gasteiger partial charge in [-0.05, 0) is 31.5 Å². The van der Waals surface area contributed by atoms with Gasteiger partial charge in [-0.1, -0.05) is 11.6 Å². The van der Waals surface area contributed by atoms with Crippen LogP contribution in [-0.4, -0.2) is 5.11 Å². The van der Waals surface area contributed by atoms with E-state index in [1.807, 2.05) is 6.92 Å². The third-order valence-corrected chi connectivity index (χ3v) is 1.89. The van der Waals surface area contributed by atoms with Crippen LogP contribution in [0.1, 0.15) is 11.1 Å². The van der Waals surface area contributed by atoms with Crippen LogP contribution in [0.3, 0.4) is 0 Å². The summed E-state index contributed by atoms with van der Waals surface area (Å²) in [4.78, 5) is 0. The van der Waals surface area contributed by atoms with E-state index in [2.05, 4.69) is 6.07 Å². The van der Waals surface area contributed by atoms with Crippen LogP contribution in [0, 0.1) is 19.9 Å². The molecule has 0 aliphatic rings. The highest BCUT2D eigenvalue weighted by Crippen LogP contribution is 2.28. The van der Waals surface area contributed by atoms with Crippen molar-refractivity contribution in [1.29, 1.82) is 0 Å². The maximum Gasteiger partial charge on any atom is 0.137 e. The molecule has 0 saturated carbocycles. The van der Waals surface area contributed by atoms with Gasteiger partial charge in [0, 0.05) is 5.56 Å². The minimum atomic E-state index is 0.140. The molecule has 1 rings (SSSR count). The van der Waals surface area contributed by atoms with E-state index in [9.17, 15) is 5.11 Å². The maximum absolute atomic E-state index is 9.22. The zero-order chi connectivity index (χ0) is 7.72. The molecule has 0 fully saturated rings. The Hall–Kier alpha value is -0.690. The van der Waals surface area contributed by atoms with E-state index in [4.69, 9.17) is 11.6 Å². The number of hydrogen-bond donors (Lipinski definition) is 1. The van der Waals surface area contributed by atoms with Crippen molar-refractivity contribution in [2.24, 2.45) is 0 Å². The summed E-state index contributed by atoms with van der Waals surface area (Å²) in [6.45, 7) is 3.60. The van der Waals surface area contributed by atoms with Gasteiger partial charge in [-0.3, -0.25) is 0 Å². The highest BCUT2D eigenvalue weighted by atomic mass is 35.5. The second-order valence-electron chi connectivity index (χ2n) is 2.26. The molecule has 0 saturated heterocycles. The van der Waals surface area contributed by atoms with Crippen molar-refractivity contribution in [1.82, 2.24) is 0 Å². The molecule has 1 aromatic carbocycles. The highest BCUT2D eigenvalue weighted by Gasteiger charge is 2.03. The Bertz CT molecular complexity index is 229. The van der Waals surface area contributed by atoms with Crippen molar-refractivity contribution in [3.05, 3.63) is 28.3 Å². The molecule has 0 aromatic heterocycles. The zero-order valence-electron chi connectivity index (χ0n) is 5.90. The van der Waals surface area contributed by atoms with Crippen molar-refractivity contribution in [2.45, 2.75) is 13.8 Å². The Morgan fingerprint density at radius 1 is 1.50 bits per heavy atom. The smallest absolute Gasteiger partial charge is 0.137 e. The third-order valence-electron chi connectivity index (χ3n) is 1.41. The average molecular weight is 156 g/mol. The summed E-state index contributed by atoms with van der Waals surface area (Å²) in [6, 6.07) is 4.64. The van der Waals surface area contributed by atoms with Crippen LogP contribution in [-0.2, 0) is 0 Å². The largest absolute Gasteiger partial charge is 0.506 e. The van der Waals surface area contributed by atoms with E-state index < -0.39 is 0 Å². The van der Waals surface area contributed by atoms with E-state index in [0.29, 0.717) is 10.6 Å². The first-order chi connectivity index (χ1) is 4.63. The highest BCUT2D eigenvalue weighted by molar-refractivity contribution is 6.32. The lowest BCUT2D eigenvalue weighted by Crippen LogP contribution is -1.79. The van der Waals surface area contributed by atoms with Gasteiger partial charge >= 0.3 is 0 Å². The quantitative estimate of drug-likeness (QED) is 0.610. The van der Waals surface area contributed by atoms with Gasteiger partial charge < -0.3 is 5.11 Å². The number of benzene rings is 1. The first-order valence-electron chi connectivity index (χ1n) is 2.99. The van der Waals surface area contributed by atoms with Crippen molar-refractivity contribution >= 4 is 11.6 Å². The number of aryl methyl sites for hydroxylation is 2. The van der Waals surface area contributed by atoms with Gasteiger partial charge in [0.2, 0.25) is 0 Å². The normalized spacial score (nSPS) is 9.90.